The summed E-state index contributed by atoms with van der Waals surface area (Å²) >= 11 is 2.19. The van der Waals surface area contributed by atoms with Gasteiger partial charge in [0.15, 0.2) is 11.5 Å². The van der Waals surface area contributed by atoms with Crippen LogP contribution in [0, 0.1) is 17.4 Å². The van der Waals surface area contributed by atoms with Crippen molar-refractivity contribution in [3.05, 3.63) is 75.4 Å². The Bertz CT molecular complexity index is 1260. The largest absolute Gasteiger partial charge is 0.493 e. The van der Waals surface area contributed by atoms with Crippen LogP contribution < -0.4 is 19.1 Å². The zero-order valence-electron chi connectivity index (χ0n) is 18.8. The first kappa shape index (κ1) is 24.8. The van der Waals surface area contributed by atoms with E-state index >= 15 is 0 Å². The maximum atomic E-state index is 13.6. The number of nitrogens with one attached hydrogen (secondary N) is 1. The average Bonchev–Trinajstić information content (AvgIpc) is 2.79. The molecule has 174 valence electrons. The number of benzene rings is 3. The maximum absolute atomic E-state index is 13.6. The van der Waals surface area contributed by atoms with Gasteiger partial charge >= 0.3 is 0 Å². The lowest BCUT2D eigenvalue weighted by molar-refractivity contribution is -0.114. The Morgan fingerprint density at radius 1 is 0.939 bits per heavy atom. The van der Waals surface area contributed by atoms with Gasteiger partial charge in [0.25, 0.3) is 10.0 Å². The highest BCUT2D eigenvalue weighted by molar-refractivity contribution is 14.1. The monoisotopic (exact) mass is 580 g/mol. The van der Waals surface area contributed by atoms with E-state index in [1.54, 1.807) is 30.3 Å². The molecule has 0 aliphatic rings. The third kappa shape index (κ3) is 5.77. The molecule has 0 saturated carbocycles. The number of anilines is 2. The number of halogens is 1. The zero-order valence-corrected chi connectivity index (χ0v) is 21.7. The Morgan fingerprint density at radius 2 is 1.61 bits per heavy atom. The van der Waals surface area contributed by atoms with E-state index in [1.807, 2.05) is 26.0 Å². The summed E-state index contributed by atoms with van der Waals surface area (Å²) in [6.07, 6.45) is 0. The van der Waals surface area contributed by atoms with E-state index in [-0.39, 0.29) is 10.6 Å². The van der Waals surface area contributed by atoms with Gasteiger partial charge in [0.2, 0.25) is 5.91 Å². The summed E-state index contributed by atoms with van der Waals surface area (Å²) in [7, 11) is -1.08. The summed E-state index contributed by atoms with van der Waals surface area (Å²) in [5.41, 5.74) is 2.72. The second-order valence-corrected chi connectivity index (χ2v) is 10.5. The molecule has 33 heavy (non-hydrogen) atoms. The lowest BCUT2D eigenvalue weighted by atomic mass is 10.2. The van der Waals surface area contributed by atoms with Gasteiger partial charge in [0.1, 0.15) is 6.54 Å². The van der Waals surface area contributed by atoms with Crippen molar-refractivity contribution in [2.75, 3.05) is 30.4 Å². The number of hydrogen-bond acceptors (Lipinski definition) is 5. The molecule has 7 nitrogen and oxygen atoms in total. The predicted octanol–water partition coefficient (Wildman–Crippen LogP) is 4.76. The van der Waals surface area contributed by atoms with Crippen molar-refractivity contribution >= 4 is 49.9 Å². The fourth-order valence-electron chi connectivity index (χ4n) is 3.22. The number of carbonyl (C=O) groups is 1. The molecular formula is C24H25IN2O5S. The van der Waals surface area contributed by atoms with Gasteiger partial charge in [-0.1, -0.05) is 17.7 Å². The van der Waals surface area contributed by atoms with Crippen molar-refractivity contribution in [3.8, 4) is 11.5 Å². The minimum Gasteiger partial charge on any atom is -0.493 e. The molecule has 3 aromatic carbocycles. The van der Waals surface area contributed by atoms with Crippen LogP contribution in [-0.4, -0.2) is 35.1 Å². The number of amides is 1. The second kappa shape index (κ2) is 10.4. The summed E-state index contributed by atoms with van der Waals surface area (Å²) < 4.78 is 39.9. The fraction of sp³-hybridized carbons (Fsp3) is 0.208. The van der Waals surface area contributed by atoms with Crippen LogP contribution in [0.2, 0.25) is 0 Å². The summed E-state index contributed by atoms with van der Waals surface area (Å²) in [5, 5.41) is 2.82. The molecule has 0 atom stereocenters. The van der Waals surface area contributed by atoms with Gasteiger partial charge < -0.3 is 14.8 Å². The minimum atomic E-state index is -4.04. The second-order valence-electron chi connectivity index (χ2n) is 7.37. The summed E-state index contributed by atoms with van der Waals surface area (Å²) in [6.45, 7) is 3.34. The lowest BCUT2D eigenvalue weighted by Crippen LogP contribution is -2.38. The van der Waals surface area contributed by atoms with Crippen molar-refractivity contribution in [2.24, 2.45) is 0 Å². The normalized spacial score (nSPS) is 11.1. The van der Waals surface area contributed by atoms with Gasteiger partial charge in [0, 0.05) is 15.3 Å². The third-order valence-corrected chi connectivity index (χ3v) is 7.47. The quantitative estimate of drug-likeness (QED) is 0.389. The van der Waals surface area contributed by atoms with Gasteiger partial charge in [-0.15, -0.1) is 0 Å². The number of ether oxygens (including phenoxy) is 2. The molecule has 1 N–H and O–H groups in total. The highest BCUT2D eigenvalue weighted by atomic mass is 127. The van der Waals surface area contributed by atoms with E-state index in [0.29, 0.717) is 17.2 Å². The maximum Gasteiger partial charge on any atom is 0.264 e. The van der Waals surface area contributed by atoms with Crippen molar-refractivity contribution in [1.29, 1.82) is 0 Å². The standard InChI is InChI=1S/C24H25IN2O5S/c1-16-5-9-20(10-6-16)33(29,30)27(19-8-12-22(31-3)23(14-19)32-4)15-24(28)26-21-11-7-18(25)13-17(21)2/h5-14H,15H2,1-4H3,(H,26,28). The van der Waals surface area contributed by atoms with E-state index in [9.17, 15) is 13.2 Å². The molecule has 1 amide bonds. The number of aryl methyl sites for hydroxylation is 2. The number of carbonyl (C=O) groups excluding carboxylic acids is 1. The van der Waals surface area contributed by atoms with Gasteiger partial charge in [-0.2, -0.15) is 0 Å². The van der Waals surface area contributed by atoms with Gasteiger partial charge in [-0.3, -0.25) is 9.10 Å². The van der Waals surface area contributed by atoms with Gasteiger partial charge in [0.05, 0.1) is 24.8 Å². The van der Waals surface area contributed by atoms with Crippen molar-refractivity contribution in [3.63, 3.8) is 0 Å². The van der Waals surface area contributed by atoms with E-state index in [2.05, 4.69) is 27.9 Å². The molecule has 0 radical (unpaired) electrons. The predicted molar refractivity (Wildman–Crippen MR) is 138 cm³/mol. The Morgan fingerprint density at radius 3 is 2.21 bits per heavy atom. The molecule has 3 rings (SSSR count). The summed E-state index contributed by atoms with van der Waals surface area (Å²) in [6, 6.07) is 16.8. The van der Waals surface area contributed by atoms with Crippen molar-refractivity contribution in [1.82, 2.24) is 0 Å². The fourth-order valence-corrected chi connectivity index (χ4v) is 5.28. The van der Waals surface area contributed by atoms with Crippen LogP contribution in [-0.2, 0) is 14.8 Å². The van der Waals surface area contributed by atoms with Crippen molar-refractivity contribution in [2.45, 2.75) is 18.7 Å². The van der Waals surface area contributed by atoms with Crippen LogP contribution in [0.3, 0.4) is 0 Å². The zero-order chi connectivity index (χ0) is 24.2. The van der Waals surface area contributed by atoms with Crippen LogP contribution in [0.25, 0.3) is 0 Å². The number of sulfonamides is 1. The van der Waals surface area contributed by atoms with Crippen LogP contribution in [0.15, 0.2) is 65.6 Å². The van der Waals surface area contributed by atoms with E-state index in [1.165, 1.54) is 32.4 Å². The Balaban J connectivity index is 2.01. The first-order valence-electron chi connectivity index (χ1n) is 10.0. The molecule has 3 aromatic rings. The molecule has 0 saturated heterocycles. The highest BCUT2D eigenvalue weighted by Gasteiger charge is 2.28. The smallest absolute Gasteiger partial charge is 0.264 e. The molecule has 0 aliphatic heterocycles. The molecule has 0 aromatic heterocycles. The molecule has 0 aliphatic carbocycles. The summed E-state index contributed by atoms with van der Waals surface area (Å²) in [5.74, 6) is 0.339. The SMILES string of the molecule is COc1ccc(N(CC(=O)Nc2ccc(I)cc2C)S(=O)(=O)c2ccc(C)cc2)cc1OC. The van der Waals surface area contributed by atoms with E-state index in [4.69, 9.17) is 9.47 Å². The van der Waals surface area contributed by atoms with Crippen LogP contribution >= 0.6 is 22.6 Å². The molecule has 0 spiro atoms. The topological polar surface area (TPSA) is 84.9 Å². The Hall–Kier alpha value is -2.79. The van der Waals surface area contributed by atoms with Crippen LogP contribution in [0.5, 0.6) is 11.5 Å². The summed E-state index contributed by atoms with van der Waals surface area (Å²) in [4.78, 5) is 13.1. The highest BCUT2D eigenvalue weighted by Crippen LogP contribution is 2.34. The average molecular weight is 580 g/mol. The lowest BCUT2D eigenvalue weighted by Gasteiger charge is -2.25. The molecule has 0 bridgehead atoms. The van der Waals surface area contributed by atoms with Gasteiger partial charge in [-0.05, 0) is 84.5 Å². The molecule has 9 heteroatoms. The van der Waals surface area contributed by atoms with Crippen molar-refractivity contribution < 1.29 is 22.7 Å². The first-order valence-corrected chi connectivity index (χ1v) is 12.5. The van der Waals surface area contributed by atoms with E-state index < -0.39 is 22.5 Å². The third-order valence-electron chi connectivity index (χ3n) is 5.01. The number of nitrogens with zero attached hydrogens (tertiary/aromatic N) is 1. The number of methoxy groups -OCH3 is 2. The van der Waals surface area contributed by atoms with Gasteiger partial charge in [-0.25, -0.2) is 8.42 Å². The van der Waals surface area contributed by atoms with Crippen LogP contribution in [0.4, 0.5) is 11.4 Å². The minimum absolute atomic E-state index is 0.0844. The first-order chi connectivity index (χ1) is 15.6. The van der Waals surface area contributed by atoms with E-state index in [0.717, 1.165) is 19.0 Å². The number of rotatable bonds is 8. The molecule has 0 heterocycles. The molecule has 0 fully saturated rings. The number of hydrogen-bond donors (Lipinski definition) is 1. The Kier molecular flexibility index (Phi) is 7.85. The molecule has 0 unspecified atom stereocenters. The molecular weight excluding hydrogens is 555 g/mol. The van der Waals surface area contributed by atoms with Crippen LogP contribution in [0.1, 0.15) is 11.1 Å². The Labute approximate surface area is 207 Å².